The largest absolute Gasteiger partial charge is 0.480 e. The number of hydrogen-bond acceptors (Lipinski definition) is 8. The van der Waals surface area contributed by atoms with Crippen molar-refractivity contribution < 1.29 is 29.6 Å². The summed E-state index contributed by atoms with van der Waals surface area (Å²) in [5.41, 5.74) is -1.19. The highest BCUT2D eigenvalue weighted by Gasteiger charge is 2.51. The van der Waals surface area contributed by atoms with Gasteiger partial charge in [0.05, 0.1) is 21.2 Å². The number of alkyl halides is 2. The van der Waals surface area contributed by atoms with Crippen molar-refractivity contribution in [1.82, 2.24) is 0 Å². The van der Waals surface area contributed by atoms with E-state index in [0.29, 0.717) is 5.01 Å². The molecule has 2 aromatic rings. The van der Waals surface area contributed by atoms with Crippen LogP contribution in [0.25, 0.3) is 0 Å². The Kier molecular flexibility index (Phi) is 7.04. The molecule has 0 heterocycles. The zero-order valence-corrected chi connectivity index (χ0v) is 16.5. The summed E-state index contributed by atoms with van der Waals surface area (Å²) >= 11 is 11.5. The quantitative estimate of drug-likeness (QED) is 0.237. The highest BCUT2D eigenvalue weighted by Crippen LogP contribution is 2.35. The summed E-state index contributed by atoms with van der Waals surface area (Å²) < 4.78 is -2.96. The van der Waals surface area contributed by atoms with Gasteiger partial charge in [0.15, 0.2) is 6.04 Å². The lowest BCUT2D eigenvalue weighted by atomic mass is 10.1. The van der Waals surface area contributed by atoms with Crippen LogP contribution in [-0.2, 0) is 9.59 Å². The van der Waals surface area contributed by atoms with Crippen LogP contribution in [0.1, 0.15) is 0 Å². The monoisotopic (exact) mass is 471 g/mol. The first-order valence-corrected chi connectivity index (χ1v) is 8.74. The predicted molar refractivity (Wildman–Crippen MR) is 107 cm³/mol. The number of nitro benzene ring substituents is 2. The lowest BCUT2D eigenvalue weighted by Crippen LogP contribution is -2.53. The summed E-state index contributed by atoms with van der Waals surface area (Å²) in [5.74, 6) is -3.76. The van der Waals surface area contributed by atoms with Crippen LogP contribution in [0.3, 0.4) is 0 Å². The third kappa shape index (κ3) is 5.40. The molecule has 0 saturated carbocycles. The Balaban J connectivity index is 2.64. The van der Waals surface area contributed by atoms with Crippen LogP contribution in [0.5, 0.6) is 0 Å². The van der Waals surface area contributed by atoms with Crippen molar-refractivity contribution in [1.29, 1.82) is 0 Å². The van der Waals surface area contributed by atoms with E-state index in [9.17, 15) is 40.0 Å². The van der Waals surface area contributed by atoms with Crippen molar-refractivity contribution in [3.8, 4) is 0 Å². The molecule has 15 heteroatoms. The molecule has 0 aliphatic carbocycles. The Bertz CT molecular complexity index is 1080. The fourth-order valence-corrected chi connectivity index (χ4v) is 2.67. The molecule has 2 rings (SSSR count). The number of carboxylic acid groups (broad SMARTS) is 2. The Labute approximate surface area is 182 Å². The van der Waals surface area contributed by atoms with E-state index in [-0.39, 0.29) is 17.1 Å². The number of carbonyl (C=O) groups is 2. The molecule has 0 bridgehead atoms. The first-order chi connectivity index (χ1) is 14.4. The van der Waals surface area contributed by atoms with Crippen molar-refractivity contribution in [3.63, 3.8) is 0 Å². The predicted octanol–water partition coefficient (Wildman–Crippen LogP) is 3.72. The Morgan fingerprint density at radius 2 is 1.55 bits per heavy atom. The van der Waals surface area contributed by atoms with Gasteiger partial charge in [-0.15, -0.1) is 5.11 Å². The van der Waals surface area contributed by atoms with Crippen molar-refractivity contribution >= 4 is 57.9 Å². The highest BCUT2D eigenvalue weighted by molar-refractivity contribution is 6.59. The molecule has 1 atom stereocenters. The molecule has 2 aromatic carbocycles. The molecule has 0 spiro atoms. The van der Waals surface area contributed by atoms with Gasteiger partial charge in [0.2, 0.25) is 4.33 Å². The van der Waals surface area contributed by atoms with Gasteiger partial charge in [-0.3, -0.25) is 20.2 Å². The third-order valence-electron chi connectivity index (χ3n) is 3.71. The van der Waals surface area contributed by atoms with Gasteiger partial charge in [-0.25, -0.2) is 14.6 Å². The molecule has 0 unspecified atom stereocenters. The molecule has 0 radical (unpaired) electrons. The molecule has 0 saturated heterocycles. The van der Waals surface area contributed by atoms with Crippen LogP contribution in [-0.4, -0.2) is 42.4 Å². The molecule has 13 nitrogen and oxygen atoms in total. The molecule has 31 heavy (non-hydrogen) atoms. The molecule has 0 aromatic heterocycles. The van der Waals surface area contributed by atoms with E-state index in [0.717, 1.165) is 18.2 Å². The van der Waals surface area contributed by atoms with Gasteiger partial charge in [0.25, 0.3) is 11.4 Å². The second-order valence-corrected chi connectivity index (χ2v) is 7.14. The zero-order chi connectivity index (χ0) is 23.3. The number of halogens is 2. The molecule has 0 amide bonds. The Hall–Kier alpha value is -3.84. The van der Waals surface area contributed by atoms with Gasteiger partial charge in [-0.2, -0.15) is 0 Å². The minimum atomic E-state index is -2.96. The first-order valence-electron chi connectivity index (χ1n) is 7.99. The zero-order valence-electron chi connectivity index (χ0n) is 15.0. The Morgan fingerprint density at radius 3 is 2.06 bits per heavy atom. The van der Waals surface area contributed by atoms with Gasteiger partial charge in [-0.1, -0.05) is 40.6 Å². The number of hydrogen-bond donors (Lipinski definition) is 2. The van der Waals surface area contributed by atoms with E-state index in [1.165, 1.54) is 30.3 Å². The average Bonchev–Trinajstić information content (AvgIpc) is 2.70. The van der Waals surface area contributed by atoms with Gasteiger partial charge in [0.1, 0.15) is 0 Å². The number of benzene rings is 2. The van der Waals surface area contributed by atoms with E-state index in [1.54, 1.807) is 0 Å². The van der Waals surface area contributed by atoms with Crippen LogP contribution in [0, 0.1) is 20.2 Å². The van der Waals surface area contributed by atoms with Crippen molar-refractivity contribution in [2.45, 2.75) is 10.4 Å². The number of aliphatic carboxylic acids is 2. The summed E-state index contributed by atoms with van der Waals surface area (Å²) in [4.78, 5) is 43.8. The third-order valence-corrected chi connectivity index (χ3v) is 4.45. The van der Waals surface area contributed by atoms with E-state index < -0.39 is 37.8 Å². The SMILES string of the molecule is O=C(O)[C@H](N(N=Nc1cccc([N+](=O)[O-])c1)c1cccc([N+](=O)[O-])c1)C(Cl)(Cl)C(=O)O. The summed E-state index contributed by atoms with van der Waals surface area (Å²) in [6.45, 7) is 0. The number of non-ortho nitro benzene ring substituents is 2. The molecule has 0 fully saturated rings. The standard InChI is InChI=1S/C16H11Cl2N5O8/c17-16(18,15(26)27)13(14(24)25)21(10-4-2-6-12(8-10)23(30)31)20-19-9-3-1-5-11(7-9)22(28)29/h1-8,13H,(H,24,25)(H,26,27)/t13-/m0/s1. The number of anilines is 1. The van der Waals surface area contributed by atoms with Crippen molar-refractivity contribution in [2.24, 2.45) is 10.3 Å². The maximum Gasteiger partial charge on any atom is 0.343 e. The van der Waals surface area contributed by atoms with Crippen LogP contribution >= 0.6 is 23.2 Å². The fraction of sp³-hybridized carbons (Fsp3) is 0.125. The summed E-state index contributed by atoms with van der Waals surface area (Å²) in [6.07, 6.45) is 0. The van der Waals surface area contributed by atoms with Crippen LogP contribution in [0.2, 0.25) is 0 Å². The van der Waals surface area contributed by atoms with E-state index in [4.69, 9.17) is 23.2 Å². The Morgan fingerprint density at radius 1 is 1.00 bits per heavy atom. The lowest BCUT2D eigenvalue weighted by molar-refractivity contribution is -0.385. The number of nitrogens with zero attached hydrogens (tertiary/aromatic N) is 5. The minimum absolute atomic E-state index is 0.0983. The second kappa shape index (κ2) is 9.32. The molecular weight excluding hydrogens is 461 g/mol. The normalized spacial score (nSPS) is 12.3. The van der Waals surface area contributed by atoms with Crippen LogP contribution in [0.15, 0.2) is 58.9 Å². The topological polar surface area (TPSA) is 189 Å². The summed E-state index contributed by atoms with van der Waals surface area (Å²) in [5, 5.41) is 48.6. The molecule has 0 aliphatic rings. The molecule has 2 N–H and O–H groups in total. The second-order valence-electron chi connectivity index (χ2n) is 5.76. The molecular formula is C16H11Cl2N5O8. The molecule has 162 valence electrons. The number of rotatable bonds is 9. The van der Waals surface area contributed by atoms with Gasteiger partial charge in [-0.05, 0) is 12.1 Å². The van der Waals surface area contributed by atoms with Crippen LogP contribution < -0.4 is 5.01 Å². The van der Waals surface area contributed by atoms with Crippen molar-refractivity contribution in [2.75, 3.05) is 5.01 Å². The van der Waals surface area contributed by atoms with E-state index >= 15 is 0 Å². The van der Waals surface area contributed by atoms with Gasteiger partial charge < -0.3 is 10.2 Å². The summed E-state index contributed by atoms with van der Waals surface area (Å²) in [7, 11) is 0. The molecule has 0 aliphatic heterocycles. The smallest absolute Gasteiger partial charge is 0.343 e. The fourth-order valence-electron chi connectivity index (χ4n) is 2.30. The van der Waals surface area contributed by atoms with E-state index in [2.05, 4.69) is 10.3 Å². The number of nitro groups is 2. The maximum absolute atomic E-state index is 11.8. The lowest BCUT2D eigenvalue weighted by Gasteiger charge is -2.30. The van der Waals surface area contributed by atoms with Crippen LogP contribution in [0.4, 0.5) is 22.7 Å². The highest BCUT2D eigenvalue weighted by atomic mass is 35.5. The number of carboxylic acids is 2. The van der Waals surface area contributed by atoms with Crippen molar-refractivity contribution in [3.05, 3.63) is 68.8 Å². The first kappa shape index (κ1) is 23.4. The van der Waals surface area contributed by atoms with Gasteiger partial charge >= 0.3 is 11.9 Å². The van der Waals surface area contributed by atoms with Gasteiger partial charge in [0, 0.05) is 24.3 Å². The minimum Gasteiger partial charge on any atom is -0.480 e. The average molecular weight is 472 g/mol. The maximum atomic E-state index is 11.8. The van der Waals surface area contributed by atoms with E-state index in [1.807, 2.05) is 0 Å². The summed E-state index contributed by atoms with van der Waals surface area (Å²) in [6, 6.07) is 6.83.